The summed E-state index contributed by atoms with van der Waals surface area (Å²) in [6.07, 6.45) is 6.33. The summed E-state index contributed by atoms with van der Waals surface area (Å²) < 4.78 is 16.6. The van der Waals surface area contributed by atoms with E-state index in [0.717, 1.165) is 52.5 Å². The van der Waals surface area contributed by atoms with Crippen LogP contribution >= 0.6 is 0 Å². The molecule has 2 heterocycles. The van der Waals surface area contributed by atoms with Crippen LogP contribution in [0.4, 0.5) is 0 Å². The highest BCUT2D eigenvalue weighted by Crippen LogP contribution is 2.12. The molecular formula is C14H27NO3. The fraction of sp³-hybridized carbons (Fsp3) is 1.00. The van der Waals surface area contributed by atoms with Gasteiger partial charge in [0, 0.05) is 26.4 Å². The molecule has 2 aliphatic rings. The van der Waals surface area contributed by atoms with Gasteiger partial charge in [-0.3, -0.25) is 0 Å². The van der Waals surface area contributed by atoms with Crippen LogP contribution in [0.1, 0.15) is 32.1 Å². The zero-order chi connectivity index (χ0) is 12.5. The van der Waals surface area contributed by atoms with Gasteiger partial charge < -0.3 is 19.5 Å². The third-order valence-corrected chi connectivity index (χ3v) is 3.66. The molecule has 0 saturated carbocycles. The zero-order valence-corrected chi connectivity index (χ0v) is 11.4. The van der Waals surface area contributed by atoms with Gasteiger partial charge in [-0.1, -0.05) is 0 Å². The third kappa shape index (κ3) is 5.65. The van der Waals surface area contributed by atoms with Crippen LogP contribution in [0.3, 0.4) is 0 Å². The number of ether oxygens (including phenoxy) is 3. The van der Waals surface area contributed by atoms with E-state index in [1.807, 2.05) is 0 Å². The summed E-state index contributed by atoms with van der Waals surface area (Å²) in [5.74, 6) is 0.714. The molecule has 4 nitrogen and oxygen atoms in total. The van der Waals surface area contributed by atoms with Gasteiger partial charge in [-0.2, -0.15) is 0 Å². The fourth-order valence-electron chi connectivity index (χ4n) is 2.56. The van der Waals surface area contributed by atoms with Gasteiger partial charge >= 0.3 is 0 Å². The van der Waals surface area contributed by atoms with Gasteiger partial charge in [0.2, 0.25) is 0 Å². The van der Waals surface area contributed by atoms with Crippen LogP contribution in [-0.2, 0) is 14.2 Å². The van der Waals surface area contributed by atoms with Crippen molar-refractivity contribution in [3.05, 3.63) is 0 Å². The first-order valence-corrected chi connectivity index (χ1v) is 7.43. The van der Waals surface area contributed by atoms with Crippen molar-refractivity contribution >= 4 is 0 Å². The van der Waals surface area contributed by atoms with Gasteiger partial charge in [0.25, 0.3) is 0 Å². The summed E-state index contributed by atoms with van der Waals surface area (Å²) in [4.78, 5) is 0. The molecule has 0 aromatic rings. The number of hydrogen-bond donors (Lipinski definition) is 1. The Morgan fingerprint density at radius 3 is 2.89 bits per heavy atom. The van der Waals surface area contributed by atoms with Crippen molar-refractivity contribution in [3.63, 3.8) is 0 Å². The van der Waals surface area contributed by atoms with E-state index in [4.69, 9.17) is 14.2 Å². The second-order valence-electron chi connectivity index (χ2n) is 5.35. The molecule has 2 fully saturated rings. The molecule has 106 valence electrons. The SMILES string of the molecule is C(CNCC1CCCOC1)COCC1CCCO1. The lowest BCUT2D eigenvalue weighted by Crippen LogP contribution is -2.30. The molecule has 0 amide bonds. The van der Waals surface area contributed by atoms with Crippen LogP contribution in [0.2, 0.25) is 0 Å². The Labute approximate surface area is 110 Å². The molecule has 0 spiro atoms. The molecule has 0 aliphatic carbocycles. The van der Waals surface area contributed by atoms with Crippen LogP contribution in [0.25, 0.3) is 0 Å². The van der Waals surface area contributed by atoms with E-state index in [1.54, 1.807) is 0 Å². The van der Waals surface area contributed by atoms with Gasteiger partial charge in [-0.25, -0.2) is 0 Å². The average Bonchev–Trinajstić information content (AvgIpc) is 2.92. The Morgan fingerprint density at radius 2 is 2.11 bits per heavy atom. The van der Waals surface area contributed by atoms with Crippen molar-refractivity contribution < 1.29 is 14.2 Å². The van der Waals surface area contributed by atoms with E-state index in [1.165, 1.54) is 25.7 Å². The smallest absolute Gasteiger partial charge is 0.0809 e. The summed E-state index contributed by atoms with van der Waals surface area (Å²) in [6, 6.07) is 0. The molecule has 0 bridgehead atoms. The molecule has 2 saturated heterocycles. The van der Waals surface area contributed by atoms with Crippen molar-refractivity contribution in [2.75, 3.05) is 46.1 Å². The van der Waals surface area contributed by atoms with Crippen LogP contribution in [0.5, 0.6) is 0 Å². The lowest BCUT2D eigenvalue weighted by molar-refractivity contribution is 0.0163. The molecule has 2 unspecified atom stereocenters. The maximum atomic E-state index is 5.62. The Morgan fingerprint density at radius 1 is 1.17 bits per heavy atom. The van der Waals surface area contributed by atoms with E-state index in [0.29, 0.717) is 12.0 Å². The molecule has 1 N–H and O–H groups in total. The number of hydrogen-bond acceptors (Lipinski definition) is 4. The van der Waals surface area contributed by atoms with E-state index in [9.17, 15) is 0 Å². The largest absolute Gasteiger partial charge is 0.381 e. The van der Waals surface area contributed by atoms with Crippen LogP contribution in [0.15, 0.2) is 0 Å². The topological polar surface area (TPSA) is 39.7 Å². The summed E-state index contributed by atoms with van der Waals surface area (Å²) in [5.41, 5.74) is 0. The summed E-state index contributed by atoms with van der Waals surface area (Å²) >= 11 is 0. The lowest BCUT2D eigenvalue weighted by atomic mass is 10.0. The Hall–Kier alpha value is -0.160. The fourth-order valence-corrected chi connectivity index (χ4v) is 2.56. The van der Waals surface area contributed by atoms with Crippen molar-refractivity contribution in [2.24, 2.45) is 5.92 Å². The molecule has 2 atom stereocenters. The van der Waals surface area contributed by atoms with E-state index in [2.05, 4.69) is 5.32 Å². The van der Waals surface area contributed by atoms with Crippen LogP contribution < -0.4 is 5.32 Å². The second kappa shape index (κ2) is 8.86. The van der Waals surface area contributed by atoms with Crippen molar-refractivity contribution in [2.45, 2.75) is 38.2 Å². The monoisotopic (exact) mass is 257 g/mol. The number of nitrogens with one attached hydrogen (secondary N) is 1. The summed E-state index contributed by atoms with van der Waals surface area (Å²) in [5, 5.41) is 3.49. The Balaban J connectivity index is 1.35. The second-order valence-corrected chi connectivity index (χ2v) is 5.35. The first-order chi connectivity index (χ1) is 8.95. The quantitative estimate of drug-likeness (QED) is 0.670. The highest BCUT2D eigenvalue weighted by Gasteiger charge is 2.15. The lowest BCUT2D eigenvalue weighted by Gasteiger charge is -2.22. The Bertz CT molecular complexity index is 201. The normalized spacial score (nSPS) is 28.7. The van der Waals surface area contributed by atoms with Crippen molar-refractivity contribution in [1.29, 1.82) is 0 Å². The van der Waals surface area contributed by atoms with Crippen LogP contribution in [-0.4, -0.2) is 52.2 Å². The van der Waals surface area contributed by atoms with E-state index in [-0.39, 0.29) is 0 Å². The Kier molecular flexibility index (Phi) is 7.01. The van der Waals surface area contributed by atoms with Gasteiger partial charge in [-0.05, 0) is 44.6 Å². The maximum Gasteiger partial charge on any atom is 0.0809 e. The molecule has 0 aromatic heterocycles. The molecule has 2 rings (SSSR count). The molecule has 18 heavy (non-hydrogen) atoms. The average molecular weight is 257 g/mol. The first-order valence-electron chi connectivity index (χ1n) is 7.43. The van der Waals surface area contributed by atoms with Gasteiger partial charge in [0.1, 0.15) is 0 Å². The van der Waals surface area contributed by atoms with E-state index < -0.39 is 0 Å². The van der Waals surface area contributed by atoms with Crippen molar-refractivity contribution in [1.82, 2.24) is 5.32 Å². The number of rotatable bonds is 8. The van der Waals surface area contributed by atoms with Gasteiger partial charge in [-0.15, -0.1) is 0 Å². The maximum absolute atomic E-state index is 5.62. The van der Waals surface area contributed by atoms with E-state index >= 15 is 0 Å². The van der Waals surface area contributed by atoms with Crippen molar-refractivity contribution in [3.8, 4) is 0 Å². The molecule has 0 aromatic carbocycles. The third-order valence-electron chi connectivity index (χ3n) is 3.66. The molecule has 4 heteroatoms. The minimum atomic E-state index is 0.359. The standard InChI is InChI=1S/C14H27NO3/c1-4-13(11-16-7-1)10-15-6-3-8-17-12-14-5-2-9-18-14/h13-15H,1-12H2. The highest BCUT2D eigenvalue weighted by molar-refractivity contribution is 4.66. The zero-order valence-electron chi connectivity index (χ0n) is 11.4. The van der Waals surface area contributed by atoms with Gasteiger partial charge in [0.05, 0.1) is 19.3 Å². The molecule has 2 aliphatic heterocycles. The predicted molar refractivity (Wildman–Crippen MR) is 70.8 cm³/mol. The summed E-state index contributed by atoms with van der Waals surface area (Å²) in [6.45, 7) is 6.55. The minimum absolute atomic E-state index is 0.359. The van der Waals surface area contributed by atoms with Crippen LogP contribution in [0, 0.1) is 5.92 Å². The molecule has 0 radical (unpaired) electrons. The first kappa shape index (κ1) is 14.3. The van der Waals surface area contributed by atoms with Gasteiger partial charge in [0.15, 0.2) is 0 Å². The summed E-state index contributed by atoms with van der Waals surface area (Å²) in [7, 11) is 0. The molecular weight excluding hydrogens is 230 g/mol. The predicted octanol–water partition coefficient (Wildman–Crippen LogP) is 1.59. The highest BCUT2D eigenvalue weighted by atomic mass is 16.5. The minimum Gasteiger partial charge on any atom is -0.381 e.